The number of fused-ring (bicyclic) bond motifs is 3. The van der Waals surface area contributed by atoms with Gasteiger partial charge in [-0.05, 0) is 46.0 Å². The second-order valence-corrected chi connectivity index (χ2v) is 7.87. The van der Waals surface area contributed by atoms with E-state index in [2.05, 4.69) is 28.2 Å². The van der Waals surface area contributed by atoms with Crippen LogP contribution >= 0.6 is 11.3 Å². The van der Waals surface area contributed by atoms with E-state index >= 15 is 0 Å². The summed E-state index contributed by atoms with van der Waals surface area (Å²) < 4.78 is 64.5. The summed E-state index contributed by atoms with van der Waals surface area (Å²) in [5.74, 6) is 0. The van der Waals surface area contributed by atoms with Crippen molar-refractivity contribution in [2.24, 2.45) is 0 Å². The van der Waals surface area contributed by atoms with Crippen molar-refractivity contribution in [3.63, 3.8) is 0 Å². The van der Waals surface area contributed by atoms with Crippen LogP contribution in [0.4, 0.5) is 0 Å². The molecule has 3 aromatic heterocycles. The van der Waals surface area contributed by atoms with Crippen molar-refractivity contribution in [1.29, 1.82) is 0 Å². The molecule has 6 aromatic rings. The largest absolute Gasteiger partial charge is 0.305 e. The van der Waals surface area contributed by atoms with E-state index < -0.39 is 18.3 Å². The molecule has 0 aliphatic carbocycles. The van der Waals surface area contributed by atoms with E-state index in [1.54, 1.807) is 12.1 Å². The van der Waals surface area contributed by atoms with Gasteiger partial charge >= 0.3 is 0 Å². The maximum Gasteiger partial charge on any atom is 0.0830 e. The fourth-order valence-electron chi connectivity index (χ4n) is 3.16. The Morgan fingerprint density at radius 2 is 1.70 bits per heavy atom. The summed E-state index contributed by atoms with van der Waals surface area (Å²) in [5.41, 5.74) is 3.58. The van der Waals surface area contributed by atoms with Crippen molar-refractivity contribution in [2.75, 3.05) is 0 Å². The first-order valence-electron chi connectivity index (χ1n) is 13.8. The van der Waals surface area contributed by atoms with Crippen LogP contribution in [0.2, 0.25) is 0 Å². The Morgan fingerprint density at radius 1 is 0.818 bits per heavy atom. The number of aryl methyl sites for hydroxylation is 1. The van der Waals surface area contributed by atoms with Crippen molar-refractivity contribution in [1.82, 2.24) is 9.97 Å². The number of pyridine rings is 2. The molecule has 0 bridgehead atoms. The zero-order chi connectivity index (χ0) is 28.7. The Bertz CT molecular complexity index is 1890. The first-order valence-corrected chi connectivity index (χ1v) is 10.6. The van der Waals surface area contributed by atoms with Gasteiger partial charge in [0.15, 0.2) is 0 Å². The third-order valence-corrected chi connectivity index (χ3v) is 5.81. The Labute approximate surface area is 222 Å². The zero-order valence-electron chi connectivity index (χ0n) is 25.3. The molecule has 2 nitrogen and oxygen atoms in total. The Morgan fingerprint density at radius 3 is 2.52 bits per heavy atom. The van der Waals surface area contributed by atoms with Gasteiger partial charge < -0.3 is 9.97 Å². The number of hydrogen-bond donors (Lipinski definition) is 0. The summed E-state index contributed by atoms with van der Waals surface area (Å²) in [5, 5.41) is 0.960. The molecule has 0 saturated carbocycles. The molecule has 0 saturated heterocycles. The third-order valence-electron chi connectivity index (χ3n) is 4.68. The molecule has 163 valence electrons. The quantitative estimate of drug-likeness (QED) is 0.183. The fraction of sp³-hybridized carbons (Fsp3) is 0.0345. The van der Waals surface area contributed by atoms with E-state index in [0.29, 0.717) is 25.7 Å². The van der Waals surface area contributed by atoms with Crippen molar-refractivity contribution in [3.8, 4) is 22.5 Å². The normalized spacial score (nSPS) is 13.7. The molecule has 4 heteroatoms. The first kappa shape index (κ1) is 14.9. The van der Waals surface area contributed by atoms with Crippen LogP contribution in [0.15, 0.2) is 103 Å². The van der Waals surface area contributed by atoms with Crippen LogP contribution in [-0.4, -0.2) is 9.97 Å². The average Bonchev–Trinajstić information content (AvgIpc) is 3.37. The Hall–Kier alpha value is -3.17. The van der Waals surface area contributed by atoms with Crippen LogP contribution in [0.1, 0.15) is 16.5 Å². The second kappa shape index (κ2) is 10.6. The molecule has 0 spiro atoms. The number of rotatable bonds is 2. The molecule has 3 aromatic carbocycles. The molecule has 0 aliphatic heterocycles. The van der Waals surface area contributed by atoms with Gasteiger partial charge in [0, 0.05) is 37.2 Å². The van der Waals surface area contributed by atoms with E-state index in [1.165, 1.54) is 5.56 Å². The van der Waals surface area contributed by atoms with Crippen molar-refractivity contribution in [3.05, 3.63) is 121 Å². The summed E-state index contributed by atoms with van der Waals surface area (Å²) in [7, 11) is 0. The SMILES string of the molecule is Cc1ccc(-c2[c-]cccc2)nc1.[2H]c1nc(-c2[c-]ccc3c2sc2c([2H])c([2H])c([2H])c([2H])c23)c([2H])c([2H])c1[2H].[Ir]. The predicted molar refractivity (Wildman–Crippen MR) is 135 cm³/mol. The number of benzene rings is 3. The smallest absolute Gasteiger partial charge is 0.0830 e. The van der Waals surface area contributed by atoms with Crippen molar-refractivity contribution < 1.29 is 31.1 Å². The van der Waals surface area contributed by atoms with Crippen LogP contribution < -0.4 is 0 Å². The third kappa shape index (κ3) is 5.09. The van der Waals surface area contributed by atoms with E-state index in [9.17, 15) is 0 Å². The number of aromatic nitrogens is 2. The van der Waals surface area contributed by atoms with Gasteiger partial charge in [-0.2, -0.15) is 11.3 Å². The number of hydrogen-bond acceptors (Lipinski definition) is 3. The second-order valence-electron chi connectivity index (χ2n) is 6.85. The Kier molecular flexibility index (Phi) is 4.79. The van der Waals surface area contributed by atoms with Gasteiger partial charge in [0.25, 0.3) is 0 Å². The van der Waals surface area contributed by atoms with Gasteiger partial charge in [0.05, 0.1) is 11.0 Å². The summed E-state index contributed by atoms with van der Waals surface area (Å²) in [6.45, 7) is 2.03. The summed E-state index contributed by atoms with van der Waals surface area (Å²) in [6, 6.07) is 19.2. The van der Waals surface area contributed by atoms with Crippen LogP contribution in [0.25, 0.3) is 42.7 Å². The molecule has 3 heterocycles. The fourth-order valence-corrected chi connectivity index (χ4v) is 4.27. The monoisotopic (exact) mass is 629 g/mol. The van der Waals surface area contributed by atoms with Crippen molar-refractivity contribution in [2.45, 2.75) is 6.92 Å². The van der Waals surface area contributed by atoms with Gasteiger partial charge in [0.1, 0.15) is 0 Å². The molecule has 0 atom stereocenters. The van der Waals surface area contributed by atoms with E-state index in [1.807, 2.05) is 43.5 Å². The summed E-state index contributed by atoms with van der Waals surface area (Å²) in [4.78, 5) is 8.30. The molecule has 6 rings (SSSR count). The van der Waals surface area contributed by atoms with E-state index in [4.69, 9.17) is 11.0 Å². The van der Waals surface area contributed by atoms with Gasteiger partial charge in [0.2, 0.25) is 0 Å². The van der Waals surface area contributed by atoms with Crippen LogP contribution in [0, 0.1) is 19.1 Å². The minimum atomic E-state index is -0.424. The minimum Gasteiger partial charge on any atom is -0.305 e. The minimum absolute atomic E-state index is 0. The van der Waals surface area contributed by atoms with Crippen LogP contribution in [0.3, 0.4) is 0 Å². The van der Waals surface area contributed by atoms with Crippen LogP contribution in [-0.2, 0) is 20.1 Å². The van der Waals surface area contributed by atoms with Gasteiger partial charge in [-0.15, -0.1) is 59.7 Å². The number of nitrogens with zero attached hydrogens (tertiary/aromatic N) is 2. The standard InChI is InChI=1S/C17H10NS.C12H10N.Ir/c1-2-10-16-12(6-1)13-7-5-8-14(17(13)19-16)15-9-3-4-11-18-15;1-10-7-8-12(13-9-10)11-5-3-2-4-6-11;/h1-7,9-11H;2-5,7-9H,1H3;/q2*-1;/i1D,2D,3D,4D,6D,9D,10D,11D;;. The molecule has 0 amide bonds. The van der Waals surface area contributed by atoms with Gasteiger partial charge in [-0.25, -0.2) is 0 Å². The van der Waals surface area contributed by atoms with Gasteiger partial charge in [-0.3, -0.25) is 0 Å². The summed E-state index contributed by atoms with van der Waals surface area (Å²) in [6.07, 6.45) is 1.46. The zero-order valence-corrected chi connectivity index (χ0v) is 20.5. The maximum atomic E-state index is 8.21. The average molecular weight is 629 g/mol. The molecular formula is C29H20IrN2S-2. The van der Waals surface area contributed by atoms with E-state index in [0.717, 1.165) is 22.6 Å². The van der Waals surface area contributed by atoms with Crippen molar-refractivity contribution >= 4 is 31.5 Å². The molecule has 33 heavy (non-hydrogen) atoms. The molecule has 1 radical (unpaired) electrons. The molecule has 0 aliphatic rings. The molecule has 0 fully saturated rings. The topological polar surface area (TPSA) is 25.8 Å². The molecule has 0 unspecified atom stereocenters. The first-order chi connectivity index (χ1) is 19.1. The Balaban J connectivity index is 0.000000233. The molecule has 0 N–H and O–H groups in total. The summed E-state index contributed by atoms with van der Waals surface area (Å²) >= 11 is 1.14. The predicted octanol–water partition coefficient (Wildman–Crippen LogP) is 7.77. The van der Waals surface area contributed by atoms with E-state index in [-0.39, 0.29) is 56.0 Å². The molecular weight excluding hydrogens is 601 g/mol. The van der Waals surface area contributed by atoms with Crippen LogP contribution in [0.5, 0.6) is 0 Å². The van der Waals surface area contributed by atoms with Gasteiger partial charge in [-0.1, -0.05) is 47.7 Å². The number of thiophene rings is 1. The maximum absolute atomic E-state index is 8.21.